The van der Waals surface area contributed by atoms with E-state index in [2.05, 4.69) is 10.1 Å². The highest BCUT2D eigenvalue weighted by atomic mass is 35.5. The fraction of sp³-hybridized carbons (Fsp3) is 0.200. The van der Waals surface area contributed by atoms with Gasteiger partial charge in [-0.3, -0.25) is 0 Å². The zero-order valence-corrected chi connectivity index (χ0v) is 8.80. The Hall–Kier alpha value is -1.23. The molecule has 1 aliphatic rings. The van der Waals surface area contributed by atoms with Gasteiger partial charge in [-0.25, -0.2) is 0 Å². The van der Waals surface area contributed by atoms with Crippen LogP contribution >= 0.6 is 11.6 Å². The summed E-state index contributed by atoms with van der Waals surface area (Å²) in [5, 5.41) is 14.0. The van der Waals surface area contributed by atoms with Crippen molar-refractivity contribution in [3.8, 4) is 0 Å². The predicted octanol–water partition coefficient (Wildman–Crippen LogP) is 1.62. The first-order valence-electron chi connectivity index (χ1n) is 4.60. The number of quaternary nitrogens is 1. The van der Waals surface area contributed by atoms with Crippen molar-refractivity contribution in [3.05, 3.63) is 29.3 Å². The third kappa shape index (κ3) is 1.92. The van der Waals surface area contributed by atoms with Crippen molar-refractivity contribution < 1.29 is 5.11 Å². The topological polar surface area (TPSA) is 45.0 Å². The summed E-state index contributed by atoms with van der Waals surface area (Å²) >= 11 is 5.81. The van der Waals surface area contributed by atoms with Gasteiger partial charge < -0.3 is 5.11 Å². The molecule has 0 spiro atoms. The molecule has 1 atom stereocenters. The summed E-state index contributed by atoms with van der Waals surface area (Å²) in [6.45, 7) is 0.521. The number of aliphatic hydroxyl groups is 1. The second kappa shape index (κ2) is 4.10. The lowest BCUT2D eigenvalue weighted by atomic mass is 10.3. The number of halogens is 1. The van der Waals surface area contributed by atoms with E-state index in [9.17, 15) is 0 Å². The smallest absolute Gasteiger partial charge is 0.223 e. The first-order chi connectivity index (χ1) is 7.27. The van der Waals surface area contributed by atoms with Gasteiger partial charge in [0.05, 0.1) is 6.61 Å². The second-order valence-corrected chi connectivity index (χ2v) is 3.68. The van der Waals surface area contributed by atoms with Crippen LogP contribution in [0.25, 0.3) is 0 Å². The molecule has 0 aliphatic carbocycles. The molecule has 1 aromatic carbocycles. The minimum Gasteiger partial charge on any atom is -0.390 e. The lowest BCUT2D eigenvalue weighted by Gasteiger charge is -2.22. The van der Waals surface area contributed by atoms with Crippen LogP contribution in [0.2, 0.25) is 5.02 Å². The van der Waals surface area contributed by atoms with Gasteiger partial charge >= 0.3 is 0 Å². The number of aliphatic hydroxyl groups excluding tert-OH is 1. The summed E-state index contributed by atoms with van der Waals surface area (Å²) in [6, 6.07) is 7.37. The zero-order chi connectivity index (χ0) is 10.7. The van der Waals surface area contributed by atoms with Crippen LogP contribution < -0.4 is 4.59 Å². The number of rotatable bonds is 3. The quantitative estimate of drug-likeness (QED) is 0.780. The maximum absolute atomic E-state index is 9.03. The molecule has 1 heterocycles. The van der Waals surface area contributed by atoms with Gasteiger partial charge in [0, 0.05) is 17.2 Å². The second-order valence-electron chi connectivity index (χ2n) is 3.25. The summed E-state index contributed by atoms with van der Waals surface area (Å²) in [7, 11) is 0. The molecular weight excluding hydrogens is 214 g/mol. The third-order valence-corrected chi connectivity index (χ3v) is 2.55. The Morgan fingerprint density at radius 3 is 2.53 bits per heavy atom. The fourth-order valence-electron chi connectivity index (χ4n) is 1.52. The van der Waals surface area contributed by atoms with E-state index in [-0.39, 0.29) is 11.2 Å². The average Bonchev–Trinajstić information content (AvgIpc) is 2.69. The van der Waals surface area contributed by atoms with E-state index < -0.39 is 0 Å². The van der Waals surface area contributed by atoms with E-state index in [0.717, 1.165) is 5.69 Å². The summed E-state index contributed by atoms with van der Waals surface area (Å²) in [5.74, 6) is 0. The molecule has 78 valence electrons. The van der Waals surface area contributed by atoms with Gasteiger partial charge in [-0.2, -0.15) is 4.99 Å². The highest BCUT2D eigenvalue weighted by Crippen LogP contribution is 2.25. The largest absolute Gasteiger partial charge is 0.390 e. The van der Waals surface area contributed by atoms with Gasteiger partial charge in [-0.1, -0.05) is 16.7 Å². The van der Waals surface area contributed by atoms with Crippen LogP contribution in [0.5, 0.6) is 0 Å². The maximum Gasteiger partial charge on any atom is 0.223 e. The molecule has 1 aromatic rings. The number of hydrogen-bond acceptors (Lipinski definition) is 3. The Morgan fingerprint density at radius 1 is 1.27 bits per heavy atom. The van der Waals surface area contributed by atoms with Crippen LogP contribution in [0.3, 0.4) is 0 Å². The molecule has 0 radical (unpaired) electrons. The van der Waals surface area contributed by atoms with Crippen LogP contribution in [0.15, 0.2) is 34.4 Å². The number of aliphatic imine (C=N–C) groups is 1. The van der Waals surface area contributed by atoms with Gasteiger partial charge in [0.25, 0.3) is 0 Å². The van der Waals surface area contributed by atoms with Crippen LogP contribution in [0.4, 0.5) is 5.69 Å². The Kier molecular flexibility index (Phi) is 2.81. The van der Waals surface area contributed by atoms with Crippen LogP contribution in [-0.2, 0) is 0 Å². The average molecular weight is 225 g/mol. The molecule has 4 nitrogen and oxygen atoms in total. The van der Waals surface area contributed by atoms with Gasteiger partial charge in [0.2, 0.25) is 6.34 Å². The van der Waals surface area contributed by atoms with E-state index in [1.165, 1.54) is 6.34 Å². The van der Waals surface area contributed by atoms with Crippen LogP contribution in [0.1, 0.15) is 0 Å². The van der Waals surface area contributed by atoms with E-state index in [1.807, 2.05) is 12.1 Å². The molecule has 5 heteroatoms. The zero-order valence-electron chi connectivity index (χ0n) is 8.05. The minimum absolute atomic E-state index is 0.0476. The summed E-state index contributed by atoms with van der Waals surface area (Å²) in [6.07, 6.45) is 3.18. The number of benzene rings is 1. The van der Waals surface area contributed by atoms with Gasteiger partial charge in [0.15, 0.2) is 12.0 Å². The van der Waals surface area contributed by atoms with E-state index >= 15 is 0 Å². The highest BCUT2D eigenvalue weighted by molar-refractivity contribution is 6.30. The Labute approximate surface area is 92.7 Å². The van der Waals surface area contributed by atoms with Gasteiger partial charge in [-0.05, 0) is 12.1 Å². The Morgan fingerprint density at radius 2 is 2.00 bits per heavy atom. The molecule has 0 aromatic heterocycles. The van der Waals surface area contributed by atoms with Crippen LogP contribution in [-0.4, -0.2) is 30.9 Å². The first kappa shape index (κ1) is 10.3. The standard InChI is InChI=1S/C10H11ClN3O/c11-9-1-3-10(4-2-9)14(5-6-15)8-12-7-13-14/h1-4,7-8,15H,5-6H2/q+1. The maximum atomic E-state index is 9.03. The SMILES string of the molecule is OCC[N+]1(c2ccc(Cl)cc2)C=NC=N1. The Balaban J connectivity index is 2.37. The minimum atomic E-state index is 0.0476. The molecule has 1 N–H and O–H groups in total. The van der Waals surface area contributed by atoms with Gasteiger partial charge in [0.1, 0.15) is 6.54 Å². The molecule has 0 saturated carbocycles. The molecule has 2 rings (SSSR count). The monoisotopic (exact) mass is 224 g/mol. The molecule has 0 fully saturated rings. The van der Waals surface area contributed by atoms with E-state index in [4.69, 9.17) is 16.7 Å². The lowest BCUT2D eigenvalue weighted by Crippen LogP contribution is -2.43. The van der Waals surface area contributed by atoms with E-state index in [1.54, 1.807) is 18.5 Å². The molecule has 0 saturated heterocycles. The predicted molar refractivity (Wildman–Crippen MR) is 62.2 cm³/mol. The Bertz CT molecular complexity index is 388. The first-order valence-corrected chi connectivity index (χ1v) is 4.98. The molecule has 0 amide bonds. The van der Waals surface area contributed by atoms with Crippen molar-refractivity contribution >= 4 is 30.0 Å². The van der Waals surface area contributed by atoms with Crippen molar-refractivity contribution in [1.82, 2.24) is 4.59 Å². The molecule has 1 aliphatic heterocycles. The van der Waals surface area contributed by atoms with Crippen molar-refractivity contribution in [2.45, 2.75) is 0 Å². The summed E-state index contributed by atoms with van der Waals surface area (Å²) in [4.78, 5) is 3.97. The molecule has 15 heavy (non-hydrogen) atoms. The normalized spacial score (nSPS) is 23.6. The fourth-order valence-corrected chi connectivity index (χ4v) is 1.65. The van der Waals surface area contributed by atoms with E-state index in [0.29, 0.717) is 11.6 Å². The molecular formula is C10H11ClN3O+. The van der Waals surface area contributed by atoms with Crippen LogP contribution in [0, 0.1) is 0 Å². The highest BCUT2D eigenvalue weighted by Gasteiger charge is 2.31. The van der Waals surface area contributed by atoms with Gasteiger partial charge in [-0.15, -0.1) is 4.59 Å². The number of hydrogen-bond donors (Lipinski definition) is 1. The third-order valence-electron chi connectivity index (χ3n) is 2.30. The van der Waals surface area contributed by atoms with Crippen molar-refractivity contribution in [3.63, 3.8) is 0 Å². The number of nitrogens with zero attached hydrogens (tertiary/aromatic N) is 3. The summed E-state index contributed by atoms with van der Waals surface area (Å²) < 4.78 is 0.202. The molecule has 0 bridgehead atoms. The van der Waals surface area contributed by atoms with Crippen molar-refractivity contribution in [1.29, 1.82) is 0 Å². The molecule has 1 unspecified atom stereocenters. The van der Waals surface area contributed by atoms with Crippen molar-refractivity contribution in [2.24, 2.45) is 10.1 Å². The van der Waals surface area contributed by atoms with Crippen molar-refractivity contribution in [2.75, 3.05) is 13.2 Å². The lowest BCUT2D eigenvalue weighted by molar-refractivity contribution is 0.257. The summed E-state index contributed by atoms with van der Waals surface area (Å²) in [5.41, 5.74) is 0.936.